The van der Waals surface area contributed by atoms with Gasteiger partial charge in [0.05, 0.1) is 6.54 Å². The summed E-state index contributed by atoms with van der Waals surface area (Å²) in [5, 5.41) is 2.92. The number of amides is 1. The summed E-state index contributed by atoms with van der Waals surface area (Å²) in [6.07, 6.45) is 3.28. The van der Waals surface area contributed by atoms with Gasteiger partial charge in [0.15, 0.2) is 0 Å². The van der Waals surface area contributed by atoms with Crippen molar-refractivity contribution >= 4 is 5.91 Å². The van der Waals surface area contributed by atoms with Gasteiger partial charge in [0, 0.05) is 5.92 Å². The molecule has 1 N–H and O–H groups in total. The Morgan fingerprint density at radius 1 is 1.39 bits per heavy atom. The van der Waals surface area contributed by atoms with Crippen molar-refractivity contribution < 1.29 is 9.53 Å². The maximum atomic E-state index is 11.6. The number of nitrogens with one attached hydrogen (secondary N) is 1. The van der Waals surface area contributed by atoms with E-state index in [0.717, 1.165) is 18.6 Å². The van der Waals surface area contributed by atoms with Crippen molar-refractivity contribution in [1.82, 2.24) is 5.32 Å². The van der Waals surface area contributed by atoms with E-state index in [1.807, 2.05) is 12.1 Å². The lowest BCUT2D eigenvalue weighted by atomic mass is 9.85. The average Bonchev–Trinajstić information content (AvgIpc) is 2.27. The molecule has 0 atom stereocenters. The highest BCUT2D eigenvalue weighted by Crippen LogP contribution is 2.26. The van der Waals surface area contributed by atoms with Crippen molar-refractivity contribution in [1.29, 1.82) is 0 Å². The van der Waals surface area contributed by atoms with Crippen molar-refractivity contribution in [3.63, 3.8) is 0 Å². The van der Waals surface area contributed by atoms with E-state index in [0.29, 0.717) is 13.2 Å². The second kappa shape index (κ2) is 5.89. The van der Waals surface area contributed by atoms with Crippen LogP contribution >= 0.6 is 0 Å². The van der Waals surface area contributed by atoms with E-state index in [4.69, 9.17) is 4.74 Å². The number of hydrogen-bond donors (Lipinski definition) is 1. The fourth-order valence-corrected chi connectivity index (χ4v) is 2.03. The van der Waals surface area contributed by atoms with Crippen LogP contribution < -0.4 is 10.1 Å². The topological polar surface area (TPSA) is 38.3 Å². The first-order valence-corrected chi connectivity index (χ1v) is 6.65. The van der Waals surface area contributed by atoms with E-state index in [1.54, 1.807) is 0 Å². The lowest BCUT2D eigenvalue weighted by molar-refractivity contribution is -0.127. The molecule has 0 radical (unpaired) electrons. The molecule has 3 heteroatoms. The van der Waals surface area contributed by atoms with Gasteiger partial charge in [-0.15, -0.1) is 0 Å². The van der Waals surface area contributed by atoms with Crippen molar-refractivity contribution in [2.45, 2.75) is 33.1 Å². The summed E-state index contributed by atoms with van der Waals surface area (Å²) in [7, 11) is 0. The quantitative estimate of drug-likeness (QED) is 0.812. The van der Waals surface area contributed by atoms with Gasteiger partial charge in [0.25, 0.3) is 0 Å². The first-order valence-electron chi connectivity index (χ1n) is 6.65. The number of aryl methyl sites for hydroxylation is 1. The van der Waals surface area contributed by atoms with Crippen LogP contribution in [0.5, 0.6) is 5.75 Å². The van der Waals surface area contributed by atoms with Crippen LogP contribution in [0, 0.1) is 19.8 Å². The zero-order valence-corrected chi connectivity index (χ0v) is 11.2. The smallest absolute Gasteiger partial charge is 0.223 e. The lowest BCUT2D eigenvalue weighted by Crippen LogP contribution is -2.36. The minimum atomic E-state index is 0.186. The van der Waals surface area contributed by atoms with Crippen molar-refractivity contribution in [3.05, 3.63) is 29.3 Å². The maximum absolute atomic E-state index is 11.6. The van der Waals surface area contributed by atoms with Gasteiger partial charge in [0.1, 0.15) is 12.4 Å². The molecule has 1 fully saturated rings. The van der Waals surface area contributed by atoms with Crippen molar-refractivity contribution in [2.75, 3.05) is 13.2 Å². The van der Waals surface area contributed by atoms with Crippen molar-refractivity contribution in [3.8, 4) is 5.75 Å². The summed E-state index contributed by atoms with van der Waals surface area (Å²) in [5.74, 6) is 1.35. The zero-order chi connectivity index (χ0) is 13.0. The summed E-state index contributed by atoms with van der Waals surface area (Å²) >= 11 is 0. The molecule has 1 aliphatic carbocycles. The summed E-state index contributed by atoms with van der Waals surface area (Å²) < 4.78 is 5.68. The van der Waals surface area contributed by atoms with Crippen LogP contribution in [0.25, 0.3) is 0 Å². The minimum absolute atomic E-state index is 0.186. The number of rotatable bonds is 5. The molecule has 0 aliphatic heterocycles. The molecule has 0 bridgehead atoms. The van der Waals surface area contributed by atoms with Gasteiger partial charge in [-0.05, 0) is 43.9 Å². The average molecular weight is 247 g/mol. The summed E-state index contributed by atoms with van der Waals surface area (Å²) in [5.41, 5.74) is 2.40. The van der Waals surface area contributed by atoms with Crippen LogP contribution in [0.4, 0.5) is 0 Å². The molecule has 0 saturated heterocycles. The van der Waals surface area contributed by atoms with Gasteiger partial charge < -0.3 is 10.1 Å². The van der Waals surface area contributed by atoms with E-state index in [2.05, 4.69) is 25.2 Å². The molecule has 0 aromatic heterocycles. The van der Waals surface area contributed by atoms with Gasteiger partial charge in [-0.2, -0.15) is 0 Å². The van der Waals surface area contributed by atoms with E-state index < -0.39 is 0 Å². The summed E-state index contributed by atoms with van der Waals surface area (Å²) in [6.45, 7) is 5.24. The number of hydrogen-bond acceptors (Lipinski definition) is 2. The first kappa shape index (κ1) is 12.9. The predicted octanol–water partition coefficient (Wildman–Crippen LogP) is 2.60. The van der Waals surface area contributed by atoms with E-state index in [-0.39, 0.29) is 11.8 Å². The molecule has 0 heterocycles. The van der Waals surface area contributed by atoms with Crippen LogP contribution in [-0.2, 0) is 4.79 Å². The molecular formula is C15H21NO2. The molecule has 1 aromatic rings. The Morgan fingerprint density at radius 3 is 2.83 bits per heavy atom. The van der Waals surface area contributed by atoms with Crippen LogP contribution in [0.2, 0.25) is 0 Å². The molecule has 0 unspecified atom stereocenters. The van der Waals surface area contributed by atoms with Gasteiger partial charge >= 0.3 is 0 Å². The van der Waals surface area contributed by atoms with Crippen LogP contribution in [0.1, 0.15) is 30.4 Å². The second-order valence-electron chi connectivity index (χ2n) is 4.97. The normalized spacial score (nSPS) is 15.0. The first-order chi connectivity index (χ1) is 8.68. The van der Waals surface area contributed by atoms with Crippen LogP contribution in [0.3, 0.4) is 0 Å². The predicted molar refractivity (Wildman–Crippen MR) is 71.8 cm³/mol. The van der Waals surface area contributed by atoms with Crippen molar-refractivity contribution in [2.24, 2.45) is 5.92 Å². The molecule has 1 aromatic carbocycles. The second-order valence-corrected chi connectivity index (χ2v) is 4.97. The Bertz CT molecular complexity index is 425. The largest absolute Gasteiger partial charge is 0.491 e. The van der Waals surface area contributed by atoms with Gasteiger partial charge in [-0.25, -0.2) is 0 Å². The fraction of sp³-hybridized carbons (Fsp3) is 0.533. The molecule has 18 heavy (non-hydrogen) atoms. The standard InChI is InChI=1S/C15H21NO2/c1-11-5-3-8-14(12(11)2)18-10-9-16-15(17)13-6-4-7-13/h3,5,8,13H,4,6-7,9-10H2,1-2H3,(H,16,17). The third kappa shape index (κ3) is 3.03. The number of ether oxygens (including phenoxy) is 1. The molecule has 1 saturated carbocycles. The zero-order valence-electron chi connectivity index (χ0n) is 11.2. The Labute approximate surface area is 109 Å². The third-order valence-electron chi connectivity index (χ3n) is 3.69. The summed E-state index contributed by atoms with van der Waals surface area (Å²) in [4.78, 5) is 11.6. The van der Waals surface area contributed by atoms with E-state index >= 15 is 0 Å². The lowest BCUT2D eigenvalue weighted by Gasteiger charge is -2.24. The molecule has 1 amide bonds. The maximum Gasteiger partial charge on any atom is 0.223 e. The van der Waals surface area contributed by atoms with E-state index in [9.17, 15) is 4.79 Å². The molecule has 2 rings (SSSR count). The van der Waals surface area contributed by atoms with Crippen LogP contribution in [0.15, 0.2) is 18.2 Å². The molecular weight excluding hydrogens is 226 g/mol. The fourth-order valence-electron chi connectivity index (χ4n) is 2.03. The Kier molecular flexibility index (Phi) is 4.24. The SMILES string of the molecule is Cc1cccc(OCCNC(=O)C2CCC2)c1C. The highest BCUT2D eigenvalue weighted by Gasteiger charge is 2.24. The van der Waals surface area contributed by atoms with Gasteiger partial charge in [-0.3, -0.25) is 4.79 Å². The monoisotopic (exact) mass is 247 g/mol. The van der Waals surface area contributed by atoms with Crippen LogP contribution in [-0.4, -0.2) is 19.1 Å². The van der Waals surface area contributed by atoms with Gasteiger partial charge in [0.2, 0.25) is 5.91 Å². The molecule has 1 aliphatic rings. The molecule has 98 valence electrons. The highest BCUT2D eigenvalue weighted by atomic mass is 16.5. The molecule has 0 spiro atoms. The Morgan fingerprint density at radius 2 is 2.17 bits per heavy atom. The van der Waals surface area contributed by atoms with E-state index in [1.165, 1.54) is 17.5 Å². The van der Waals surface area contributed by atoms with Gasteiger partial charge in [-0.1, -0.05) is 18.6 Å². The Hall–Kier alpha value is -1.51. The number of benzene rings is 1. The number of carbonyl (C=O) groups excluding carboxylic acids is 1. The Balaban J connectivity index is 1.71. The summed E-state index contributed by atoms with van der Waals surface area (Å²) in [6, 6.07) is 6.03. The molecule has 3 nitrogen and oxygen atoms in total. The third-order valence-corrected chi connectivity index (χ3v) is 3.69. The minimum Gasteiger partial charge on any atom is -0.491 e. The number of carbonyl (C=O) groups is 1. The highest BCUT2D eigenvalue weighted by molar-refractivity contribution is 5.79.